The van der Waals surface area contributed by atoms with Crippen molar-refractivity contribution in [3.63, 3.8) is 0 Å². The number of nitrogens with zero attached hydrogens (tertiary/aromatic N) is 3. The maximum atomic E-state index is 12.4. The molecule has 2 amide bonds. The van der Waals surface area contributed by atoms with Gasteiger partial charge >= 0.3 is 0 Å². The average Bonchev–Trinajstić information content (AvgIpc) is 3.56. The number of fused-ring (bicyclic) bond motifs is 1. The molecule has 4 rings (SSSR count). The third-order valence-corrected chi connectivity index (χ3v) is 5.53. The summed E-state index contributed by atoms with van der Waals surface area (Å²) in [5.74, 6) is 0.602. The van der Waals surface area contributed by atoms with Gasteiger partial charge in [0.05, 0.1) is 17.8 Å². The zero-order valence-electron chi connectivity index (χ0n) is 16.7. The highest BCUT2D eigenvalue weighted by atomic mass is 32.2. The lowest BCUT2D eigenvalue weighted by atomic mass is 10.2. The predicted octanol–water partition coefficient (Wildman–Crippen LogP) is 3.20. The van der Waals surface area contributed by atoms with Crippen molar-refractivity contribution >= 4 is 46.0 Å². The number of amides is 2. The van der Waals surface area contributed by atoms with Gasteiger partial charge in [-0.15, -0.1) is 0 Å². The van der Waals surface area contributed by atoms with Crippen molar-refractivity contribution in [3.8, 4) is 0 Å². The molecule has 2 N–H and O–H groups in total. The largest absolute Gasteiger partial charge is 0.352 e. The summed E-state index contributed by atoms with van der Waals surface area (Å²) < 4.78 is 0. The van der Waals surface area contributed by atoms with E-state index in [-0.39, 0.29) is 30.2 Å². The van der Waals surface area contributed by atoms with Crippen LogP contribution in [0.1, 0.15) is 12.8 Å². The van der Waals surface area contributed by atoms with Gasteiger partial charge < -0.3 is 15.5 Å². The predicted molar refractivity (Wildman–Crippen MR) is 119 cm³/mol. The molecule has 30 heavy (non-hydrogen) atoms. The van der Waals surface area contributed by atoms with E-state index in [0.29, 0.717) is 11.0 Å². The first-order valence-electron chi connectivity index (χ1n) is 9.83. The molecule has 7 nitrogen and oxygen atoms in total. The molecule has 154 valence electrons. The van der Waals surface area contributed by atoms with E-state index in [4.69, 9.17) is 0 Å². The lowest BCUT2D eigenvalue weighted by Gasteiger charge is -2.16. The summed E-state index contributed by atoms with van der Waals surface area (Å²) in [5, 5.41) is 7.65. The first-order chi connectivity index (χ1) is 14.6. The molecule has 0 saturated heterocycles. The second-order valence-corrected chi connectivity index (χ2v) is 8.19. The van der Waals surface area contributed by atoms with E-state index < -0.39 is 0 Å². The number of para-hydroxylation sites is 2. The summed E-state index contributed by atoms with van der Waals surface area (Å²) in [6, 6.07) is 17.8. The SMILES string of the molecule is CN(CC(=O)NC1CC1)C(=O)CSc1nc(Nc2ccccc2)c2ccccc2n1. The minimum Gasteiger partial charge on any atom is -0.352 e. The zero-order chi connectivity index (χ0) is 20.9. The smallest absolute Gasteiger partial charge is 0.239 e. The van der Waals surface area contributed by atoms with Gasteiger partial charge in [-0.25, -0.2) is 9.97 Å². The van der Waals surface area contributed by atoms with E-state index in [0.717, 1.165) is 29.4 Å². The lowest BCUT2D eigenvalue weighted by Crippen LogP contribution is -2.39. The molecule has 2 aromatic carbocycles. The summed E-state index contributed by atoms with van der Waals surface area (Å²) in [6.45, 7) is 0.0648. The summed E-state index contributed by atoms with van der Waals surface area (Å²) in [7, 11) is 1.64. The van der Waals surface area contributed by atoms with Crippen LogP contribution in [-0.4, -0.2) is 52.1 Å². The van der Waals surface area contributed by atoms with Crippen LogP contribution in [0, 0.1) is 0 Å². The van der Waals surface area contributed by atoms with Crippen LogP contribution >= 0.6 is 11.8 Å². The molecule has 3 aromatic rings. The quantitative estimate of drug-likeness (QED) is 0.429. The Morgan fingerprint density at radius 2 is 1.80 bits per heavy atom. The Hall–Kier alpha value is -3.13. The second-order valence-electron chi connectivity index (χ2n) is 7.24. The van der Waals surface area contributed by atoms with E-state index >= 15 is 0 Å². The minimum absolute atomic E-state index is 0.0648. The highest BCUT2D eigenvalue weighted by Crippen LogP contribution is 2.27. The van der Waals surface area contributed by atoms with Gasteiger partial charge in [0.15, 0.2) is 5.16 Å². The standard InChI is InChI=1S/C22H23N5O2S/c1-27(13-19(28)23-16-11-12-16)20(29)14-30-22-25-18-10-6-5-9-17(18)21(26-22)24-15-7-3-2-4-8-15/h2-10,16H,11-14H2,1H3,(H,23,28)(H,24,25,26). The monoisotopic (exact) mass is 421 g/mol. The number of nitrogens with one attached hydrogen (secondary N) is 2. The third kappa shape index (κ3) is 5.27. The molecule has 1 saturated carbocycles. The van der Waals surface area contributed by atoms with Crippen LogP contribution in [-0.2, 0) is 9.59 Å². The van der Waals surface area contributed by atoms with Gasteiger partial charge in [0.2, 0.25) is 11.8 Å². The highest BCUT2D eigenvalue weighted by Gasteiger charge is 2.24. The van der Waals surface area contributed by atoms with Crippen LogP contribution in [0.5, 0.6) is 0 Å². The second kappa shape index (κ2) is 9.13. The molecule has 1 aliphatic carbocycles. The maximum Gasteiger partial charge on any atom is 0.239 e. The fourth-order valence-corrected chi connectivity index (χ4v) is 3.71. The van der Waals surface area contributed by atoms with E-state index in [1.807, 2.05) is 54.6 Å². The Morgan fingerprint density at radius 1 is 1.07 bits per heavy atom. The number of carbonyl (C=O) groups is 2. The molecule has 0 atom stereocenters. The van der Waals surface area contributed by atoms with Crippen LogP contribution in [0.3, 0.4) is 0 Å². The number of hydrogen-bond donors (Lipinski definition) is 2. The van der Waals surface area contributed by atoms with Gasteiger partial charge in [0.1, 0.15) is 5.82 Å². The van der Waals surface area contributed by atoms with Gasteiger partial charge in [-0.3, -0.25) is 9.59 Å². The average molecular weight is 422 g/mol. The summed E-state index contributed by atoms with van der Waals surface area (Å²) >= 11 is 1.26. The highest BCUT2D eigenvalue weighted by molar-refractivity contribution is 7.99. The summed E-state index contributed by atoms with van der Waals surface area (Å²) in [4.78, 5) is 35.0. The first-order valence-corrected chi connectivity index (χ1v) is 10.8. The van der Waals surface area contributed by atoms with Crippen molar-refractivity contribution < 1.29 is 9.59 Å². The van der Waals surface area contributed by atoms with E-state index in [2.05, 4.69) is 20.6 Å². The topological polar surface area (TPSA) is 87.2 Å². The molecular weight excluding hydrogens is 398 g/mol. The molecule has 1 fully saturated rings. The van der Waals surface area contributed by atoms with E-state index in [9.17, 15) is 9.59 Å². The Kier molecular flexibility index (Phi) is 6.13. The van der Waals surface area contributed by atoms with Crippen molar-refractivity contribution in [1.29, 1.82) is 0 Å². The number of benzene rings is 2. The van der Waals surface area contributed by atoms with Gasteiger partial charge in [0.25, 0.3) is 0 Å². The molecule has 1 heterocycles. The van der Waals surface area contributed by atoms with Crippen molar-refractivity contribution in [2.24, 2.45) is 0 Å². The molecule has 0 spiro atoms. The Balaban J connectivity index is 1.44. The van der Waals surface area contributed by atoms with E-state index in [1.54, 1.807) is 7.05 Å². The molecular formula is C22H23N5O2S. The third-order valence-electron chi connectivity index (χ3n) is 4.69. The number of thioether (sulfide) groups is 1. The Morgan fingerprint density at radius 3 is 2.57 bits per heavy atom. The summed E-state index contributed by atoms with van der Waals surface area (Å²) in [5.41, 5.74) is 1.73. The van der Waals surface area contributed by atoms with Crippen LogP contribution in [0.2, 0.25) is 0 Å². The fourth-order valence-electron chi connectivity index (χ4n) is 2.91. The lowest BCUT2D eigenvalue weighted by molar-refractivity contribution is -0.132. The van der Waals surface area contributed by atoms with Crippen LogP contribution < -0.4 is 10.6 Å². The number of hydrogen-bond acceptors (Lipinski definition) is 6. The van der Waals surface area contributed by atoms with Crippen molar-refractivity contribution in [1.82, 2.24) is 20.2 Å². The number of rotatable bonds is 8. The number of carbonyl (C=O) groups excluding carboxylic acids is 2. The zero-order valence-corrected chi connectivity index (χ0v) is 17.5. The number of likely N-dealkylation sites (N-methyl/N-ethyl adjacent to an activating group) is 1. The van der Waals surface area contributed by atoms with Gasteiger partial charge in [-0.05, 0) is 37.1 Å². The minimum atomic E-state index is -0.139. The molecule has 8 heteroatoms. The van der Waals surface area contributed by atoms with Crippen molar-refractivity contribution in [2.75, 3.05) is 24.7 Å². The normalized spacial score (nSPS) is 13.1. The van der Waals surface area contributed by atoms with E-state index in [1.165, 1.54) is 16.7 Å². The van der Waals surface area contributed by atoms with Gasteiger partial charge in [0, 0.05) is 24.2 Å². The molecule has 1 aliphatic rings. The Bertz CT molecular complexity index is 1060. The molecule has 0 radical (unpaired) electrons. The van der Waals surface area contributed by atoms with Crippen molar-refractivity contribution in [2.45, 2.75) is 24.0 Å². The fraction of sp³-hybridized carbons (Fsp3) is 0.273. The van der Waals surface area contributed by atoms with Crippen LogP contribution in [0.4, 0.5) is 11.5 Å². The van der Waals surface area contributed by atoms with Gasteiger partial charge in [-0.1, -0.05) is 42.1 Å². The molecule has 0 unspecified atom stereocenters. The first kappa shape index (κ1) is 20.2. The summed E-state index contributed by atoms with van der Waals surface area (Å²) in [6.07, 6.45) is 2.05. The number of aromatic nitrogens is 2. The number of anilines is 2. The molecule has 1 aromatic heterocycles. The van der Waals surface area contributed by atoms with Crippen LogP contribution in [0.15, 0.2) is 59.8 Å². The molecule has 0 aliphatic heterocycles. The van der Waals surface area contributed by atoms with Gasteiger partial charge in [-0.2, -0.15) is 0 Å². The van der Waals surface area contributed by atoms with Crippen LogP contribution in [0.25, 0.3) is 10.9 Å². The maximum absolute atomic E-state index is 12.4. The Labute approximate surface area is 179 Å². The van der Waals surface area contributed by atoms with Crippen molar-refractivity contribution in [3.05, 3.63) is 54.6 Å². The molecule has 0 bridgehead atoms.